The zero-order chi connectivity index (χ0) is 12.9. The molecule has 1 aromatic rings. The minimum Gasteiger partial charge on any atom is -0.479 e. The Kier molecular flexibility index (Phi) is 2.08. The first-order valence-corrected chi connectivity index (χ1v) is 5.79. The molecule has 0 aromatic heterocycles. The number of carbonyl (C=O) groups is 3. The lowest BCUT2D eigenvalue weighted by Crippen LogP contribution is -2.61. The van der Waals surface area contributed by atoms with Crippen molar-refractivity contribution in [2.24, 2.45) is 0 Å². The Morgan fingerprint density at radius 2 is 1.61 bits per heavy atom. The number of carboxylic acids is 1. The van der Waals surface area contributed by atoms with Crippen molar-refractivity contribution in [3.63, 3.8) is 0 Å². The van der Waals surface area contributed by atoms with E-state index in [0.717, 1.165) is 11.3 Å². The molecular formula is C13H11NO4. The third kappa shape index (κ3) is 1.13. The highest BCUT2D eigenvalue weighted by Gasteiger charge is 2.57. The molecule has 18 heavy (non-hydrogen) atoms. The lowest BCUT2D eigenvalue weighted by atomic mass is 9.75. The molecule has 1 fully saturated rings. The fourth-order valence-corrected chi connectivity index (χ4v) is 2.62. The summed E-state index contributed by atoms with van der Waals surface area (Å²) >= 11 is 0. The van der Waals surface area contributed by atoms with Crippen LogP contribution in [0.2, 0.25) is 0 Å². The van der Waals surface area contributed by atoms with Crippen LogP contribution in [0.1, 0.15) is 40.0 Å². The van der Waals surface area contributed by atoms with Crippen molar-refractivity contribution in [1.29, 1.82) is 0 Å². The van der Waals surface area contributed by atoms with Gasteiger partial charge >= 0.3 is 5.97 Å². The van der Waals surface area contributed by atoms with Crippen LogP contribution >= 0.6 is 0 Å². The molecule has 2 aliphatic rings. The van der Waals surface area contributed by atoms with Crippen LogP contribution in [0, 0.1) is 0 Å². The second kappa shape index (κ2) is 3.41. The molecule has 0 saturated heterocycles. The number of benzene rings is 1. The minimum absolute atomic E-state index is 0.301. The Morgan fingerprint density at radius 1 is 1.11 bits per heavy atom. The summed E-state index contributed by atoms with van der Waals surface area (Å²) in [6, 6.07) is 6.46. The molecule has 3 rings (SSSR count). The van der Waals surface area contributed by atoms with Crippen molar-refractivity contribution in [2.75, 3.05) is 0 Å². The van der Waals surface area contributed by atoms with E-state index in [-0.39, 0.29) is 0 Å². The van der Waals surface area contributed by atoms with Crippen LogP contribution in [0.15, 0.2) is 24.3 Å². The van der Waals surface area contributed by atoms with Crippen LogP contribution in [-0.2, 0) is 4.79 Å². The number of hydrogen-bond acceptors (Lipinski definition) is 3. The first-order valence-electron chi connectivity index (χ1n) is 5.79. The number of nitrogens with zero attached hydrogens (tertiary/aromatic N) is 1. The zero-order valence-corrected chi connectivity index (χ0v) is 9.55. The summed E-state index contributed by atoms with van der Waals surface area (Å²) in [7, 11) is 0. The molecule has 0 unspecified atom stereocenters. The van der Waals surface area contributed by atoms with E-state index in [9.17, 15) is 19.5 Å². The number of amides is 2. The van der Waals surface area contributed by atoms with Crippen LogP contribution in [0.4, 0.5) is 0 Å². The number of hydrogen-bond donors (Lipinski definition) is 1. The Hall–Kier alpha value is -2.17. The van der Waals surface area contributed by atoms with E-state index in [0.29, 0.717) is 24.0 Å². The van der Waals surface area contributed by atoms with Crippen molar-refractivity contribution in [3.05, 3.63) is 35.4 Å². The molecule has 0 atom stereocenters. The summed E-state index contributed by atoms with van der Waals surface area (Å²) in [5.74, 6) is -2.07. The Labute approximate surface area is 103 Å². The molecule has 2 amide bonds. The second-order valence-electron chi connectivity index (χ2n) is 4.68. The highest BCUT2D eigenvalue weighted by atomic mass is 16.4. The molecule has 5 heteroatoms. The van der Waals surface area contributed by atoms with Crippen LogP contribution in [0.5, 0.6) is 0 Å². The summed E-state index contributed by atoms with van der Waals surface area (Å²) in [4.78, 5) is 36.7. The molecule has 1 aliphatic heterocycles. The highest BCUT2D eigenvalue weighted by Crippen LogP contribution is 2.42. The number of fused-ring (bicyclic) bond motifs is 1. The van der Waals surface area contributed by atoms with Gasteiger partial charge in [0.1, 0.15) is 5.54 Å². The standard InChI is InChI=1S/C13H11NO4/c15-10-8-4-1-2-5-9(8)11(16)14(10)13(12(17)18)6-3-7-13/h1-2,4-5H,3,6-7H2,(H,17,18). The summed E-state index contributed by atoms with van der Waals surface area (Å²) in [5.41, 5.74) is -0.724. The van der Waals surface area contributed by atoms with E-state index in [1.807, 2.05) is 0 Å². The van der Waals surface area contributed by atoms with Crippen molar-refractivity contribution < 1.29 is 19.5 Å². The fraction of sp³-hybridized carbons (Fsp3) is 0.308. The Balaban J connectivity index is 2.10. The summed E-state index contributed by atoms with van der Waals surface area (Å²) in [6.07, 6.45) is 1.40. The van der Waals surface area contributed by atoms with Crippen LogP contribution in [-0.4, -0.2) is 33.3 Å². The van der Waals surface area contributed by atoms with Gasteiger partial charge in [0.05, 0.1) is 11.1 Å². The molecular weight excluding hydrogens is 234 g/mol. The first kappa shape index (κ1) is 11.0. The quantitative estimate of drug-likeness (QED) is 0.797. The minimum atomic E-state index is -1.33. The van der Waals surface area contributed by atoms with Gasteiger partial charge in [0.2, 0.25) is 0 Å². The van der Waals surface area contributed by atoms with Crippen molar-refractivity contribution in [2.45, 2.75) is 24.8 Å². The largest absolute Gasteiger partial charge is 0.479 e. The van der Waals surface area contributed by atoms with Gasteiger partial charge in [-0.05, 0) is 31.4 Å². The molecule has 0 radical (unpaired) electrons. The molecule has 1 N–H and O–H groups in total. The molecule has 1 aromatic carbocycles. The first-order chi connectivity index (χ1) is 8.58. The van der Waals surface area contributed by atoms with Gasteiger partial charge in [0, 0.05) is 0 Å². The van der Waals surface area contributed by atoms with Gasteiger partial charge in [-0.15, -0.1) is 0 Å². The van der Waals surface area contributed by atoms with E-state index in [1.54, 1.807) is 24.3 Å². The van der Waals surface area contributed by atoms with E-state index in [4.69, 9.17) is 0 Å². The zero-order valence-electron chi connectivity index (χ0n) is 9.55. The lowest BCUT2D eigenvalue weighted by Gasteiger charge is -2.43. The molecule has 0 bridgehead atoms. The van der Waals surface area contributed by atoms with E-state index >= 15 is 0 Å². The second-order valence-corrected chi connectivity index (χ2v) is 4.68. The molecule has 5 nitrogen and oxygen atoms in total. The number of carboxylic acid groups (broad SMARTS) is 1. The van der Waals surface area contributed by atoms with Gasteiger partial charge in [0.15, 0.2) is 0 Å². The number of imide groups is 1. The predicted molar refractivity (Wildman–Crippen MR) is 61.2 cm³/mol. The fourth-order valence-electron chi connectivity index (χ4n) is 2.62. The highest BCUT2D eigenvalue weighted by molar-refractivity contribution is 6.23. The molecule has 0 spiro atoms. The van der Waals surface area contributed by atoms with Gasteiger partial charge < -0.3 is 5.11 Å². The number of carbonyl (C=O) groups excluding carboxylic acids is 2. The normalized spacial score (nSPS) is 20.6. The van der Waals surface area contributed by atoms with E-state index in [2.05, 4.69) is 0 Å². The van der Waals surface area contributed by atoms with Crippen LogP contribution in [0.3, 0.4) is 0 Å². The lowest BCUT2D eigenvalue weighted by molar-refractivity contribution is -0.153. The Morgan fingerprint density at radius 3 is 1.94 bits per heavy atom. The topological polar surface area (TPSA) is 74.7 Å². The maximum atomic E-state index is 12.2. The van der Waals surface area contributed by atoms with Gasteiger partial charge in [-0.3, -0.25) is 14.5 Å². The average Bonchev–Trinajstić information content (AvgIpc) is 2.54. The molecule has 1 saturated carbocycles. The SMILES string of the molecule is O=C1c2ccccc2C(=O)N1C1(C(=O)O)CCC1. The van der Waals surface area contributed by atoms with Gasteiger partial charge in [-0.25, -0.2) is 4.79 Å². The van der Waals surface area contributed by atoms with Crippen molar-refractivity contribution in [3.8, 4) is 0 Å². The average molecular weight is 245 g/mol. The van der Waals surface area contributed by atoms with Gasteiger partial charge in [0.25, 0.3) is 11.8 Å². The smallest absolute Gasteiger partial charge is 0.330 e. The van der Waals surface area contributed by atoms with Crippen LogP contribution < -0.4 is 0 Å². The molecule has 1 heterocycles. The maximum Gasteiger partial charge on any atom is 0.330 e. The summed E-state index contributed by atoms with van der Waals surface area (Å²) in [6.45, 7) is 0. The Bertz CT molecular complexity index is 539. The number of aliphatic carboxylic acids is 1. The molecule has 1 aliphatic carbocycles. The maximum absolute atomic E-state index is 12.2. The number of rotatable bonds is 2. The third-order valence-electron chi connectivity index (χ3n) is 3.80. The predicted octanol–water partition coefficient (Wildman–Crippen LogP) is 1.29. The monoisotopic (exact) mass is 245 g/mol. The van der Waals surface area contributed by atoms with Crippen molar-refractivity contribution in [1.82, 2.24) is 4.90 Å². The van der Waals surface area contributed by atoms with E-state index in [1.165, 1.54) is 0 Å². The summed E-state index contributed by atoms with van der Waals surface area (Å²) < 4.78 is 0. The molecule has 92 valence electrons. The van der Waals surface area contributed by atoms with Gasteiger partial charge in [-0.1, -0.05) is 12.1 Å². The summed E-state index contributed by atoms with van der Waals surface area (Å²) in [5, 5.41) is 9.31. The van der Waals surface area contributed by atoms with Crippen LogP contribution in [0.25, 0.3) is 0 Å². The van der Waals surface area contributed by atoms with Crippen molar-refractivity contribution >= 4 is 17.8 Å². The third-order valence-corrected chi connectivity index (χ3v) is 3.80. The van der Waals surface area contributed by atoms with Gasteiger partial charge in [-0.2, -0.15) is 0 Å². The van der Waals surface area contributed by atoms with E-state index < -0.39 is 23.3 Å².